The number of aromatic nitrogens is 3. The lowest BCUT2D eigenvalue weighted by Crippen LogP contribution is -2.02. The lowest BCUT2D eigenvalue weighted by atomic mass is 10.2. The molecule has 3 aromatic rings. The number of halogens is 2. The molecule has 0 amide bonds. The molecule has 7 heteroatoms. The van der Waals surface area contributed by atoms with Crippen LogP contribution in [0, 0.1) is 0 Å². The van der Waals surface area contributed by atoms with E-state index in [1.165, 1.54) is 0 Å². The van der Waals surface area contributed by atoms with Gasteiger partial charge >= 0.3 is 0 Å². The zero-order valence-electron chi connectivity index (χ0n) is 12.9. The Morgan fingerprint density at radius 2 is 1.71 bits per heavy atom. The minimum Gasteiger partial charge on any atom is -0.490 e. The van der Waals surface area contributed by atoms with E-state index in [2.05, 4.69) is 10.2 Å². The molecule has 0 saturated heterocycles. The van der Waals surface area contributed by atoms with Gasteiger partial charge in [0.05, 0.1) is 16.7 Å². The zero-order chi connectivity index (χ0) is 16.9. The van der Waals surface area contributed by atoms with E-state index < -0.39 is 0 Å². The van der Waals surface area contributed by atoms with Gasteiger partial charge in [-0.15, -0.1) is 10.2 Å². The molecule has 0 aliphatic rings. The summed E-state index contributed by atoms with van der Waals surface area (Å²) in [6, 6.07) is 15.3. The number of thioether (sulfide) groups is 1. The highest BCUT2D eigenvalue weighted by Crippen LogP contribution is 2.32. The molecule has 0 aliphatic heterocycles. The number of hydrogen-bond donors (Lipinski definition) is 0. The predicted octanol–water partition coefficient (Wildman–Crippen LogP) is 4.96. The van der Waals surface area contributed by atoms with E-state index in [9.17, 15) is 0 Å². The summed E-state index contributed by atoms with van der Waals surface area (Å²) >= 11 is 13.7. The summed E-state index contributed by atoms with van der Waals surface area (Å²) < 4.78 is 7.65. The van der Waals surface area contributed by atoms with Gasteiger partial charge in [-0.2, -0.15) is 0 Å². The van der Waals surface area contributed by atoms with Crippen LogP contribution in [0.2, 0.25) is 10.0 Å². The van der Waals surface area contributed by atoms with Crippen LogP contribution in [0.15, 0.2) is 53.7 Å². The Balaban J connectivity index is 1.59. The van der Waals surface area contributed by atoms with Crippen molar-refractivity contribution < 1.29 is 4.74 Å². The Hall–Kier alpha value is -1.69. The fraction of sp³-hybridized carbons (Fsp3) is 0.176. The summed E-state index contributed by atoms with van der Waals surface area (Å²) in [4.78, 5) is 0. The average molecular weight is 380 g/mol. The molecule has 1 aromatic heterocycles. The number of hydrogen-bond acceptors (Lipinski definition) is 4. The summed E-state index contributed by atoms with van der Waals surface area (Å²) in [6.07, 6.45) is 0. The van der Waals surface area contributed by atoms with Crippen molar-refractivity contribution in [3.63, 3.8) is 0 Å². The Morgan fingerprint density at radius 1 is 1.00 bits per heavy atom. The van der Waals surface area contributed by atoms with Crippen LogP contribution in [0.25, 0.3) is 11.4 Å². The molecule has 0 bridgehead atoms. The first-order chi connectivity index (χ1) is 11.7. The standard InChI is InChI=1S/C17H15Cl2N3OS/c1-22-16(12-6-3-2-4-7-12)20-21-17(22)24-11-10-23-15-13(18)8-5-9-14(15)19/h2-9H,10-11H2,1H3. The number of benzene rings is 2. The van der Waals surface area contributed by atoms with E-state index in [4.69, 9.17) is 27.9 Å². The van der Waals surface area contributed by atoms with E-state index in [0.29, 0.717) is 28.2 Å². The van der Waals surface area contributed by atoms with Gasteiger partial charge in [0, 0.05) is 18.4 Å². The molecular weight excluding hydrogens is 365 g/mol. The minimum absolute atomic E-state index is 0.474. The number of rotatable bonds is 6. The summed E-state index contributed by atoms with van der Waals surface area (Å²) in [5, 5.41) is 10.4. The van der Waals surface area contributed by atoms with Gasteiger partial charge < -0.3 is 9.30 Å². The molecule has 2 aromatic carbocycles. The molecule has 0 radical (unpaired) electrons. The van der Waals surface area contributed by atoms with E-state index in [1.54, 1.807) is 30.0 Å². The van der Waals surface area contributed by atoms with Gasteiger partial charge in [-0.3, -0.25) is 0 Å². The molecule has 0 N–H and O–H groups in total. The largest absolute Gasteiger partial charge is 0.490 e. The van der Waals surface area contributed by atoms with Crippen LogP contribution >= 0.6 is 35.0 Å². The summed E-state index contributed by atoms with van der Waals surface area (Å²) in [5.41, 5.74) is 1.04. The first-order valence-corrected chi connectivity index (χ1v) is 9.05. The van der Waals surface area contributed by atoms with Crippen LogP contribution in [-0.2, 0) is 7.05 Å². The van der Waals surface area contributed by atoms with Gasteiger partial charge in [0.1, 0.15) is 0 Å². The van der Waals surface area contributed by atoms with E-state index in [0.717, 1.165) is 16.5 Å². The maximum atomic E-state index is 6.08. The minimum atomic E-state index is 0.474. The molecule has 0 fully saturated rings. The van der Waals surface area contributed by atoms with Crippen LogP contribution < -0.4 is 4.74 Å². The SMILES string of the molecule is Cn1c(SCCOc2c(Cl)cccc2Cl)nnc1-c1ccccc1. The van der Waals surface area contributed by atoms with Gasteiger partial charge in [-0.25, -0.2) is 0 Å². The fourth-order valence-corrected chi connectivity index (χ4v) is 3.41. The van der Waals surface area contributed by atoms with Crippen molar-refractivity contribution in [1.29, 1.82) is 0 Å². The second-order valence-electron chi connectivity index (χ2n) is 4.98. The lowest BCUT2D eigenvalue weighted by molar-refractivity contribution is 0.344. The van der Waals surface area contributed by atoms with Gasteiger partial charge in [0.25, 0.3) is 0 Å². The van der Waals surface area contributed by atoms with Crippen LogP contribution in [-0.4, -0.2) is 27.1 Å². The van der Waals surface area contributed by atoms with Crippen molar-refractivity contribution in [3.8, 4) is 17.1 Å². The topological polar surface area (TPSA) is 39.9 Å². The molecule has 0 unspecified atom stereocenters. The molecule has 24 heavy (non-hydrogen) atoms. The number of ether oxygens (including phenoxy) is 1. The Labute approximate surface area is 154 Å². The van der Waals surface area contributed by atoms with Crippen molar-refractivity contribution in [2.45, 2.75) is 5.16 Å². The average Bonchev–Trinajstić information content (AvgIpc) is 2.95. The van der Waals surface area contributed by atoms with Crippen molar-refractivity contribution in [2.75, 3.05) is 12.4 Å². The quantitative estimate of drug-likeness (QED) is 0.448. The zero-order valence-corrected chi connectivity index (χ0v) is 15.3. The highest BCUT2D eigenvalue weighted by molar-refractivity contribution is 7.99. The van der Waals surface area contributed by atoms with E-state index >= 15 is 0 Å². The Bertz CT molecular complexity index is 804. The van der Waals surface area contributed by atoms with Crippen LogP contribution in [0.4, 0.5) is 0 Å². The number of para-hydroxylation sites is 1. The highest BCUT2D eigenvalue weighted by Gasteiger charge is 2.11. The summed E-state index contributed by atoms with van der Waals surface area (Å²) in [7, 11) is 1.95. The van der Waals surface area contributed by atoms with Crippen molar-refractivity contribution in [2.24, 2.45) is 7.05 Å². The molecule has 0 atom stereocenters. The maximum Gasteiger partial charge on any atom is 0.191 e. The van der Waals surface area contributed by atoms with E-state index in [-0.39, 0.29) is 0 Å². The molecule has 4 nitrogen and oxygen atoms in total. The number of nitrogens with zero attached hydrogens (tertiary/aromatic N) is 3. The van der Waals surface area contributed by atoms with Crippen LogP contribution in [0.1, 0.15) is 0 Å². The lowest BCUT2D eigenvalue weighted by Gasteiger charge is -2.09. The highest BCUT2D eigenvalue weighted by atomic mass is 35.5. The third kappa shape index (κ3) is 3.86. The van der Waals surface area contributed by atoms with Gasteiger partial charge in [0.15, 0.2) is 16.7 Å². The third-order valence-electron chi connectivity index (χ3n) is 3.35. The van der Waals surface area contributed by atoms with Gasteiger partial charge in [0.2, 0.25) is 0 Å². The fourth-order valence-electron chi connectivity index (χ4n) is 2.18. The first-order valence-electron chi connectivity index (χ1n) is 7.31. The van der Waals surface area contributed by atoms with Crippen LogP contribution in [0.3, 0.4) is 0 Å². The summed E-state index contributed by atoms with van der Waals surface area (Å²) in [5.74, 6) is 2.07. The first kappa shape index (κ1) is 17.1. The van der Waals surface area contributed by atoms with Crippen LogP contribution in [0.5, 0.6) is 5.75 Å². The summed E-state index contributed by atoms with van der Waals surface area (Å²) in [6.45, 7) is 0.474. The molecule has 3 rings (SSSR count). The molecular formula is C17H15Cl2N3OS. The van der Waals surface area contributed by atoms with Gasteiger partial charge in [-0.05, 0) is 12.1 Å². The second kappa shape index (κ2) is 7.92. The van der Waals surface area contributed by atoms with Crippen molar-refractivity contribution in [3.05, 3.63) is 58.6 Å². The third-order valence-corrected chi connectivity index (χ3v) is 4.93. The normalized spacial score (nSPS) is 10.8. The Morgan fingerprint density at radius 3 is 2.42 bits per heavy atom. The molecule has 0 aliphatic carbocycles. The molecule has 124 valence electrons. The molecule has 0 spiro atoms. The molecule has 1 heterocycles. The van der Waals surface area contributed by atoms with Gasteiger partial charge in [-0.1, -0.05) is 71.4 Å². The Kier molecular flexibility index (Phi) is 5.66. The molecule has 0 saturated carbocycles. The second-order valence-corrected chi connectivity index (χ2v) is 6.86. The van der Waals surface area contributed by atoms with E-state index in [1.807, 2.05) is 41.9 Å². The monoisotopic (exact) mass is 379 g/mol. The van der Waals surface area contributed by atoms with Crippen molar-refractivity contribution >= 4 is 35.0 Å². The maximum absolute atomic E-state index is 6.08. The predicted molar refractivity (Wildman–Crippen MR) is 99.1 cm³/mol. The smallest absolute Gasteiger partial charge is 0.191 e. The van der Waals surface area contributed by atoms with Crippen molar-refractivity contribution in [1.82, 2.24) is 14.8 Å².